The Morgan fingerprint density at radius 2 is 1.41 bits per heavy atom. The van der Waals surface area contributed by atoms with Gasteiger partial charge in [-0.3, -0.25) is 4.79 Å². The lowest BCUT2D eigenvalue weighted by molar-refractivity contribution is -0.143. The van der Waals surface area contributed by atoms with Gasteiger partial charge >= 0.3 is 16.3 Å². The summed E-state index contributed by atoms with van der Waals surface area (Å²) in [5.74, 6) is -0.540. The summed E-state index contributed by atoms with van der Waals surface area (Å²) in [4.78, 5) is 27.9. The van der Waals surface area contributed by atoms with E-state index in [0.29, 0.717) is 38.3 Å². The van der Waals surface area contributed by atoms with Crippen LogP contribution in [0.15, 0.2) is 48.5 Å². The number of carbonyl (C=O) groups is 2. The second kappa shape index (κ2) is 10.4. The summed E-state index contributed by atoms with van der Waals surface area (Å²) in [5.41, 5.74) is -2.68. The number of amides is 1. The van der Waals surface area contributed by atoms with Crippen LogP contribution in [0.25, 0.3) is 0 Å². The Hall–Kier alpha value is -2.51. The van der Waals surface area contributed by atoms with Crippen molar-refractivity contribution in [1.82, 2.24) is 4.90 Å². The second-order valence-electron chi connectivity index (χ2n) is 7.59. The topological polar surface area (TPSA) is 49.9 Å². The first-order valence-electron chi connectivity index (χ1n) is 10.1. The molecule has 2 aromatic rings. The van der Waals surface area contributed by atoms with Crippen molar-refractivity contribution in [2.75, 3.05) is 31.1 Å². The molecule has 0 spiro atoms. The van der Waals surface area contributed by atoms with E-state index in [9.17, 15) is 35.9 Å². The average Bonchev–Trinajstić information content (AvgIpc) is 2.77. The standard InChI is InChI=1S/C22H19F6IN2O3/c23-21(24,25)15-10-14(11-16(12-15)22(26,27)28)18(34-20(29)33)13-19(32)31-8-6-30(7-9-31)17-4-2-1-3-5-17/h1-5,10-12,18H,6-9,13H2. The Labute approximate surface area is 204 Å². The van der Waals surface area contributed by atoms with Crippen molar-refractivity contribution in [3.8, 4) is 0 Å². The number of piperazine rings is 1. The Morgan fingerprint density at radius 3 is 1.88 bits per heavy atom. The van der Waals surface area contributed by atoms with Gasteiger partial charge in [-0.1, -0.05) is 18.2 Å². The Balaban J connectivity index is 1.80. The molecule has 0 bridgehead atoms. The minimum absolute atomic E-state index is 0.0168. The van der Waals surface area contributed by atoms with Crippen LogP contribution in [0, 0.1) is 0 Å². The van der Waals surface area contributed by atoms with Crippen LogP contribution in [0.1, 0.15) is 29.2 Å². The number of alkyl halides is 6. The van der Waals surface area contributed by atoms with Gasteiger partial charge in [0.15, 0.2) is 0 Å². The zero-order chi connectivity index (χ0) is 25.1. The average molecular weight is 600 g/mol. The van der Waals surface area contributed by atoms with Gasteiger partial charge in [0.1, 0.15) is 6.10 Å². The summed E-state index contributed by atoms with van der Waals surface area (Å²) < 4.78 is 83.4. The number of nitrogens with zero attached hydrogens (tertiary/aromatic N) is 2. The van der Waals surface area contributed by atoms with Crippen molar-refractivity contribution in [2.24, 2.45) is 0 Å². The molecule has 0 aliphatic carbocycles. The van der Waals surface area contributed by atoms with E-state index in [4.69, 9.17) is 4.74 Å². The van der Waals surface area contributed by atoms with Crippen molar-refractivity contribution in [3.05, 3.63) is 65.2 Å². The highest BCUT2D eigenvalue weighted by molar-refractivity contribution is 14.1. The molecule has 1 atom stereocenters. The predicted octanol–water partition coefficient (Wildman–Crippen LogP) is 6.08. The van der Waals surface area contributed by atoms with Gasteiger partial charge in [-0.2, -0.15) is 26.3 Å². The molecule has 1 amide bonds. The van der Waals surface area contributed by atoms with Crippen LogP contribution in [-0.4, -0.2) is 41.0 Å². The first-order valence-corrected chi connectivity index (χ1v) is 11.2. The molecule has 1 saturated heterocycles. The Kier molecular flexibility index (Phi) is 7.98. The molecular formula is C22H19F6IN2O3. The maximum atomic E-state index is 13.2. The molecule has 1 fully saturated rings. The Morgan fingerprint density at radius 1 is 0.882 bits per heavy atom. The molecule has 184 valence electrons. The lowest BCUT2D eigenvalue weighted by Crippen LogP contribution is -2.49. The van der Waals surface area contributed by atoms with Crippen molar-refractivity contribution < 1.29 is 40.7 Å². The second-order valence-corrected chi connectivity index (χ2v) is 8.47. The molecule has 5 nitrogen and oxygen atoms in total. The van der Waals surface area contributed by atoms with Gasteiger partial charge in [0.2, 0.25) is 5.91 Å². The summed E-state index contributed by atoms with van der Waals surface area (Å²) in [5, 5.41) is 0. The van der Waals surface area contributed by atoms with Gasteiger partial charge in [0, 0.05) is 31.9 Å². The lowest BCUT2D eigenvalue weighted by Gasteiger charge is -2.36. The number of carbonyl (C=O) groups excluding carboxylic acids is 2. The largest absolute Gasteiger partial charge is 0.449 e. The van der Waals surface area contributed by atoms with Crippen molar-refractivity contribution in [3.63, 3.8) is 0 Å². The third kappa shape index (κ3) is 6.76. The Bertz CT molecular complexity index is 989. The van der Waals surface area contributed by atoms with Crippen LogP contribution in [0.5, 0.6) is 0 Å². The lowest BCUT2D eigenvalue weighted by atomic mass is 9.98. The number of anilines is 1. The minimum Gasteiger partial charge on any atom is -0.449 e. The van der Waals surface area contributed by atoms with Gasteiger partial charge in [0.05, 0.1) is 40.1 Å². The molecule has 0 saturated carbocycles. The molecule has 3 rings (SSSR count). The zero-order valence-corrected chi connectivity index (χ0v) is 19.7. The highest BCUT2D eigenvalue weighted by atomic mass is 127. The number of benzene rings is 2. The normalized spacial score (nSPS) is 15.7. The third-order valence-electron chi connectivity index (χ3n) is 5.33. The van der Waals surface area contributed by atoms with E-state index < -0.39 is 51.5 Å². The van der Waals surface area contributed by atoms with E-state index >= 15 is 0 Å². The fraction of sp³-hybridized carbons (Fsp3) is 0.364. The fourth-order valence-electron chi connectivity index (χ4n) is 3.64. The molecular weight excluding hydrogens is 581 g/mol. The SMILES string of the molecule is O=C(I)OC(CC(=O)N1CCN(c2ccccc2)CC1)c1cc(C(F)(F)F)cc(C(F)(F)F)c1. The van der Waals surface area contributed by atoms with E-state index in [2.05, 4.69) is 4.90 Å². The van der Waals surface area contributed by atoms with Crippen LogP contribution in [0.3, 0.4) is 0 Å². The summed E-state index contributed by atoms with van der Waals surface area (Å²) in [6.07, 6.45) is -12.3. The molecule has 1 heterocycles. The molecule has 1 aliphatic rings. The molecule has 34 heavy (non-hydrogen) atoms. The molecule has 0 radical (unpaired) electrons. The number of para-hydroxylation sites is 1. The van der Waals surface area contributed by atoms with Crippen molar-refractivity contribution in [2.45, 2.75) is 24.9 Å². The number of ether oxygens (including phenoxy) is 1. The molecule has 2 aromatic carbocycles. The minimum atomic E-state index is -5.06. The summed E-state index contributed by atoms with van der Waals surface area (Å²) in [7, 11) is 0. The molecule has 12 heteroatoms. The first kappa shape index (κ1) is 26.1. The molecule has 0 aromatic heterocycles. The van der Waals surface area contributed by atoms with Gasteiger partial charge in [-0.15, -0.1) is 0 Å². The third-order valence-corrected chi connectivity index (χ3v) is 5.58. The predicted molar refractivity (Wildman–Crippen MR) is 120 cm³/mol. The maximum absolute atomic E-state index is 13.2. The van der Waals surface area contributed by atoms with Crippen LogP contribution in [0.2, 0.25) is 0 Å². The monoisotopic (exact) mass is 600 g/mol. The summed E-state index contributed by atoms with van der Waals surface area (Å²) in [6.45, 7) is 1.59. The smallest absolute Gasteiger partial charge is 0.416 e. The summed E-state index contributed by atoms with van der Waals surface area (Å²) >= 11 is 1.21. The highest BCUT2D eigenvalue weighted by Gasteiger charge is 2.38. The van der Waals surface area contributed by atoms with Crippen molar-refractivity contribution >= 4 is 38.2 Å². The maximum Gasteiger partial charge on any atom is 0.416 e. The van der Waals surface area contributed by atoms with E-state index in [0.717, 1.165) is 5.69 Å². The van der Waals surface area contributed by atoms with Crippen LogP contribution in [-0.2, 0) is 21.9 Å². The van der Waals surface area contributed by atoms with Crippen LogP contribution < -0.4 is 4.90 Å². The quantitative estimate of drug-likeness (QED) is 0.238. The number of hydrogen-bond donors (Lipinski definition) is 0. The van der Waals surface area contributed by atoms with Gasteiger partial charge < -0.3 is 14.5 Å². The van der Waals surface area contributed by atoms with Crippen molar-refractivity contribution in [1.29, 1.82) is 0 Å². The van der Waals surface area contributed by atoms with Gasteiger partial charge in [-0.05, 0) is 35.9 Å². The first-order chi connectivity index (χ1) is 15.8. The summed E-state index contributed by atoms with van der Waals surface area (Å²) in [6, 6.07) is 10.4. The van der Waals surface area contributed by atoms with E-state index in [-0.39, 0.29) is 6.07 Å². The van der Waals surface area contributed by atoms with E-state index in [1.165, 1.54) is 27.5 Å². The van der Waals surface area contributed by atoms with Gasteiger partial charge in [-0.25, -0.2) is 4.79 Å². The number of halogens is 7. The molecule has 1 aliphatic heterocycles. The van der Waals surface area contributed by atoms with E-state index in [1.807, 2.05) is 30.3 Å². The number of rotatable bonds is 5. The van der Waals surface area contributed by atoms with Crippen LogP contribution >= 0.6 is 22.6 Å². The fourth-order valence-corrected chi connectivity index (χ4v) is 3.95. The molecule has 0 N–H and O–H groups in total. The zero-order valence-electron chi connectivity index (χ0n) is 17.5. The number of hydrogen-bond acceptors (Lipinski definition) is 4. The van der Waals surface area contributed by atoms with Gasteiger partial charge in [0.25, 0.3) is 0 Å². The molecule has 1 unspecified atom stereocenters. The van der Waals surface area contributed by atoms with E-state index in [1.54, 1.807) is 0 Å². The highest BCUT2D eigenvalue weighted by Crippen LogP contribution is 2.39. The van der Waals surface area contributed by atoms with Crippen LogP contribution in [0.4, 0.5) is 36.8 Å².